The fourth-order valence-corrected chi connectivity index (χ4v) is 3.07. The maximum Gasteiger partial charge on any atom is 0.287 e. The monoisotopic (exact) mass is 357 g/mol. The summed E-state index contributed by atoms with van der Waals surface area (Å²) in [4.78, 5) is 34.0. The number of carbonyl (C=O) groups excluding carboxylic acids is 2. The highest BCUT2D eigenvalue weighted by Crippen LogP contribution is 2.16. The molecule has 2 aromatic heterocycles. The van der Waals surface area contributed by atoms with Crippen molar-refractivity contribution in [3.63, 3.8) is 0 Å². The summed E-state index contributed by atoms with van der Waals surface area (Å²) >= 11 is 0. The molecule has 26 heavy (non-hydrogen) atoms. The molecule has 3 rings (SSSR count). The van der Waals surface area contributed by atoms with Crippen LogP contribution in [0.5, 0.6) is 0 Å². The molecule has 1 saturated heterocycles. The third-order valence-electron chi connectivity index (χ3n) is 4.75. The van der Waals surface area contributed by atoms with Crippen LogP contribution in [0.1, 0.15) is 41.4 Å². The predicted octanol–water partition coefficient (Wildman–Crippen LogP) is 1.50. The number of amides is 2. The van der Waals surface area contributed by atoms with Crippen molar-refractivity contribution in [1.29, 1.82) is 0 Å². The van der Waals surface area contributed by atoms with Crippen LogP contribution in [-0.2, 0) is 0 Å². The number of hydrogen-bond acceptors (Lipinski definition) is 4. The van der Waals surface area contributed by atoms with E-state index < -0.39 is 0 Å². The van der Waals surface area contributed by atoms with Crippen molar-refractivity contribution < 1.29 is 9.59 Å². The standard InChI is InChI=1S/C19H27N5O2/c1-14(2)7-8-20-18(25)17-21-16(15-6-4-5-9-24(15)17)19(26)23-12-10-22(3)11-13-23/h4-6,9,14H,7-8,10-13H2,1-3H3,(H,20,25). The van der Waals surface area contributed by atoms with Gasteiger partial charge in [0.25, 0.3) is 11.8 Å². The largest absolute Gasteiger partial charge is 0.349 e. The SMILES string of the molecule is CC(C)CCNC(=O)c1nc(C(=O)N2CCN(C)CC2)c2ccccn12. The van der Waals surface area contributed by atoms with Gasteiger partial charge in [-0.25, -0.2) is 4.98 Å². The van der Waals surface area contributed by atoms with Crippen LogP contribution in [0.15, 0.2) is 24.4 Å². The van der Waals surface area contributed by atoms with E-state index in [2.05, 4.69) is 29.0 Å². The molecular weight excluding hydrogens is 330 g/mol. The number of fused-ring (bicyclic) bond motifs is 1. The zero-order valence-electron chi connectivity index (χ0n) is 15.7. The lowest BCUT2D eigenvalue weighted by atomic mass is 10.1. The number of imidazole rings is 1. The highest BCUT2D eigenvalue weighted by molar-refractivity contribution is 6.02. The molecule has 2 aromatic rings. The van der Waals surface area contributed by atoms with Crippen LogP contribution >= 0.6 is 0 Å². The Balaban J connectivity index is 1.85. The summed E-state index contributed by atoms with van der Waals surface area (Å²) in [5, 5.41) is 2.91. The van der Waals surface area contributed by atoms with E-state index in [0.29, 0.717) is 36.8 Å². The lowest BCUT2D eigenvalue weighted by Crippen LogP contribution is -2.47. The second-order valence-electron chi connectivity index (χ2n) is 7.27. The minimum absolute atomic E-state index is 0.108. The van der Waals surface area contributed by atoms with E-state index in [1.54, 1.807) is 10.6 Å². The molecule has 7 heteroatoms. The maximum absolute atomic E-state index is 13.0. The van der Waals surface area contributed by atoms with Crippen molar-refractivity contribution in [2.24, 2.45) is 5.92 Å². The topological polar surface area (TPSA) is 70.0 Å². The number of pyridine rings is 1. The smallest absolute Gasteiger partial charge is 0.287 e. The summed E-state index contributed by atoms with van der Waals surface area (Å²) in [5.74, 6) is 0.427. The lowest BCUT2D eigenvalue weighted by molar-refractivity contribution is 0.0661. The van der Waals surface area contributed by atoms with Gasteiger partial charge in [0, 0.05) is 38.9 Å². The molecule has 2 amide bonds. The molecule has 140 valence electrons. The van der Waals surface area contributed by atoms with Crippen molar-refractivity contribution in [2.45, 2.75) is 20.3 Å². The first-order valence-corrected chi connectivity index (χ1v) is 9.20. The first-order valence-electron chi connectivity index (χ1n) is 9.20. The third kappa shape index (κ3) is 3.88. The summed E-state index contributed by atoms with van der Waals surface area (Å²) in [5.41, 5.74) is 1.02. The summed E-state index contributed by atoms with van der Waals surface area (Å²) in [7, 11) is 2.05. The van der Waals surface area contributed by atoms with Crippen LogP contribution in [0.3, 0.4) is 0 Å². The van der Waals surface area contributed by atoms with E-state index >= 15 is 0 Å². The number of nitrogens with zero attached hydrogens (tertiary/aromatic N) is 4. The van der Waals surface area contributed by atoms with Crippen LogP contribution in [0, 0.1) is 5.92 Å². The number of nitrogens with one attached hydrogen (secondary N) is 1. The highest BCUT2D eigenvalue weighted by atomic mass is 16.2. The molecule has 0 unspecified atom stereocenters. The van der Waals surface area contributed by atoms with Gasteiger partial charge in [0.15, 0.2) is 5.69 Å². The van der Waals surface area contributed by atoms with E-state index in [0.717, 1.165) is 19.5 Å². The van der Waals surface area contributed by atoms with Gasteiger partial charge in [-0.15, -0.1) is 0 Å². The van der Waals surface area contributed by atoms with Crippen LogP contribution in [0.4, 0.5) is 0 Å². The minimum atomic E-state index is -0.246. The Morgan fingerprint density at radius 2 is 1.92 bits per heavy atom. The number of likely N-dealkylation sites (N-methyl/N-ethyl adjacent to an activating group) is 1. The van der Waals surface area contributed by atoms with Gasteiger partial charge in [-0.2, -0.15) is 0 Å². The van der Waals surface area contributed by atoms with Crippen molar-refractivity contribution in [1.82, 2.24) is 24.5 Å². The molecule has 0 bridgehead atoms. The van der Waals surface area contributed by atoms with Crippen LogP contribution in [0.2, 0.25) is 0 Å². The Bertz CT molecular complexity index is 790. The highest BCUT2D eigenvalue weighted by Gasteiger charge is 2.26. The minimum Gasteiger partial charge on any atom is -0.349 e. The van der Waals surface area contributed by atoms with Crippen molar-refractivity contribution in [2.75, 3.05) is 39.8 Å². The summed E-state index contributed by atoms with van der Waals surface area (Å²) in [6.45, 7) is 7.88. The van der Waals surface area contributed by atoms with Gasteiger partial charge in [0.05, 0.1) is 5.52 Å². The van der Waals surface area contributed by atoms with Gasteiger partial charge in [-0.05, 0) is 31.5 Å². The molecule has 7 nitrogen and oxygen atoms in total. The molecule has 1 fully saturated rings. The first-order chi connectivity index (χ1) is 12.5. The number of piperazine rings is 1. The lowest BCUT2D eigenvalue weighted by Gasteiger charge is -2.32. The van der Waals surface area contributed by atoms with Gasteiger partial charge >= 0.3 is 0 Å². The Labute approximate surface area is 154 Å². The van der Waals surface area contributed by atoms with E-state index in [-0.39, 0.29) is 17.6 Å². The second kappa shape index (κ2) is 7.86. The molecule has 0 aliphatic carbocycles. The maximum atomic E-state index is 13.0. The predicted molar refractivity (Wildman–Crippen MR) is 100 cm³/mol. The molecule has 1 aliphatic heterocycles. The fraction of sp³-hybridized carbons (Fsp3) is 0.526. The summed E-state index contributed by atoms with van der Waals surface area (Å²) < 4.78 is 1.70. The van der Waals surface area contributed by atoms with Gasteiger partial charge in [0.2, 0.25) is 5.82 Å². The number of carbonyl (C=O) groups is 2. The van der Waals surface area contributed by atoms with Crippen LogP contribution in [0.25, 0.3) is 5.52 Å². The Hall–Kier alpha value is -2.41. The van der Waals surface area contributed by atoms with Gasteiger partial charge < -0.3 is 15.1 Å². The Morgan fingerprint density at radius 3 is 2.62 bits per heavy atom. The molecule has 0 spiro atoms. The fourth-order valence-electron chi connectivity index (χ4n) is 3.07. The zero-order valence-corrected chi connectivity index (χ0v) is 15.7. The zero-order chi connectivity index (χ0) is 18.7. The molecule has 1 N–H and O–H groups in total. The van der Waals surface area contributed by atoms with E-state index in [9.17, 15) is 9.59 Å². The molecule has 0 aromatic carbocycles. The van der Waals surface area contributed by atoms with Gasteiger partial charge in [-0.1, -0.05) is 19.9 Å². The quantitative estimate of drug-likeness (QED) is 0.880. The molecular formula is C19H27N5O2. The van der Waals surface area contributed by atoms with Gasteiger partial charge in [-0.3, -0.25) is 14.0 Å². The Morgan fingerprint density at radius 1 is 1.19 bits per heavy atom. The van der Waals surface area contributed by atoms with Crippen LogP contribution < -0.4 is 5.32 Å². The number of aromatic nitrogens is 2. The summed E-state index contributed by atoms with van der Waals surface area (Å²) in [6, 6.07) is 5.53. The van der Waals surface area contributed by atoms with E-state index in [1.807, 2.05) is 30.1 Å². The number of rotatable bonds is 5. The van der Waals surface area contributed by atoms with Crippen molar-refractivity contribution in [3.8, 4) is 0 Å². The first kappa shape index (κ1) is 18.4. The van der Waals surface area contributed by atoms with E-state index in [1.165, 1.54) is 0 Å². The average molecular weight is 357 g/mol. The van der Waals surface area contributed by atoms with Crippen molar-refractivity contribution in [3.05, 3.63) is 35.9 Å². The second-order valence-corrected chi connectivity index (χ2v) is 7.27. The van der Waals surface area contributed by atoms with E-state index in [4.69, 9.17) is 0 Å². The molecule has 0 saturated carbocycles. The average Bonchev–Trinajstić information content (AvgIpc) is 3.01. The van der Waals surface area contributed by atoms with Gasteiger partial charge in [0.1, 0.15) is 0 Å². The molecule has 3 heterocycles. The van der Waals surface area contributed by atoms with Crippen molar-refractivity contribution >= 4 is 17.3 Å². The molecule has 0 atom stereocenters. The number of hydrogen-bond donors (Lipinski definition) is 1. The normalized spacial score (nSPS) is 15.6. The Kier molecular flexibility index (Phi) is 5.56. The van der Waals surface area contributed by atoms with Crippen LogP contribution in [-0.4, -0.2) is 70.8 Å². The third-order valence-corrected chi connectivity index (χ3v) is 4.75. The molecule has 1 aliphatic rings. The summed E-state index contributed by atoms with van der Waals surface area (Å²) in [6.07, 6.45) is 2.68. The molecule has 0 radical (unpaired) electrons.